The van der Waals surface area contributed by atoms with Gasteiger partial charge < -0.3 is 33.8 Å². The van der Waals surface area contributed by atoms with Gasteiger partial charge in [-0.05, 0) is 49.4 Å². The first-order valence-corrected chi connectivity index (χ1v) is 40.7. The SMILES string of the molecule is CCC(C)CCCCCCCCC(=O)OC[C@H](COP(=O)(O)OC[C@H](O)COP(=O)(O)OC[C@@H](COC(=O)CCCCCCCCCCCCCCCCCC(C)C)OC(=O)CCCCCCCCC(C)C)OC(=O)CCCCCCCCCCCCCCC(C)C. The third-order valence-electron chi connectivity index (χ3n) is 17.2. The van der Waals surface area contributed by atoms with Crippen LogP contribution in [0.25, 0.3) is 0 Å². The number of ether oxygens (including phenoxy) is 4. The van der Waals surface area contributed by atoms with Crippen molar-refractivity contribution in [2.45, 2.75) is 382 Å². The van der Waals surface area contributed by atoms with Gasteiger partial charge in [0.05, 0.1) is 26.4 Å². The first-order chi connectivity index (χ1) is 44.1. The number of phosphoric ester groups is 2. The van der Waals surface area contributed by atoms with Crippen LogP contribution in [-0.2, 0) is 65.4 Å². The molecule has 19 heteroatoms. The summed E-state index contributed by atoms with van der Waals surface area (Å²) < 4.78 is 68.3. The third-order valence-corrected chi connectivity index (χ3v) is 19.1. The second-order valence-electron chi connectivity index (χ2n) is 28.0. The number of carbonyl (C=O) groups is 4. The molecule has 0 radical (unpaired) electrons. The number of aliphatic hydroxyl groups excluding tert-OH is 1. The number of hydrogen-bond acceptors (Lipinski definition) is 15. The second-order valence-corrected chi connectivity index (χ2v) is 30.9. The van der Waals surface area contributed by atoms with E-state index in [0.717, 1.165) is 114 Å². The van der Waals surface area contributed by atoms with E-state index in [-0.39, 0.29) is 25.7 Å². The molecule has 0 aromatic rings. The predicted octanol–water partition coefficient (Wildman–Crippen LogP) is 20.9. The fourth-order valence-electron chi connectivity index (χ4n) is 11.0. The highest BCUT2D eigenvalue weighted by molar-refractivity contribution is 7.47. The van der Waals surface area contributed by atoms with Crippen LogP contribution < -0.4 is 0 Å². The minimum absolute atomic E-state index is 0.102. The molecule has 0 saturated carbocycles. The van der Waals surface area contributed by atoms with Gasteiger partial charge in [-0.1, -0.05) is 312 Å². The lowest BCUT2D eigenvalue weighted by molar-refractivity contribution is -0.161. The number of hydrogen-bond donors (Lipinski definition) is 3. The summed E-state index contributed by atoms with van der Waals surface area (Å²) in [6.45, 7) is 14.1. The van der Waals surface area contributed by atoms with Crippen LogP contribution in [0.5, 0.6) is 0 Å². The van der Waals surface area contributed by atoms with Crippen LogP contribution >= 0.6 is 15.6 Å². The van der Waals surface area contributed by atoms with Crippen molar-refractivity contribution in [1.29, 1.82) is 0 Å². The summed E-state index contributed by atoms with van der Waals surface area (Å²) in [5.41, 5.74) is 0. The van der Waals surface area contributed by atoms with Crippen molar-refractivity contribution in [3.63, 3.8) is 0 Å². The Balaban J connectivity index is 5.18. The number of unbranched alkanes of at least 4 members (excludes halogenated alkanes) is 35. The highest BCUT2D eigenvalue weighted by Gasteiger charge is 2.30. The fraction of sp³-hybridized carbons (Fsp3) is 0.945. The van der Waals surface area contributed by atoms with Gasteiger partial charge in [-0.2, -0.15) is 0 Å². The molecule has 0 rings (SSSR count). The highest BCUT2D eigenvalue weighted by atomic mass is 31.2. The molecule has 0 aromatic carbocycles. The third kappa shape index (κ3) is 65.4. The Morgan fingerprint density at radius 3 is 0.772 bits per heavy atom. The van der Waals surface area contributed by atoms with E-state index >= 15 is 0 Å². The van der Waals surface area contributed by atoms with E-state index in [1.54, 1.807) is 0 Å². The van der Waals surface area contributed by atoms with Crippen LogP contribution in [0, 0.1) is 23.7 Å². The number of carbonyl (C=O) groups excluding carboxylic acids is 4. The molecule has 6 atom stereocenters. The molecular formula is C73H142O17P2. The van der Waals surface area contributed by atoms with E-state index in [1.807, 2.05) is 0 Å². The van der Waals surface area contributed by atoms with Crippen LogP contribution in [-0.4, -0.2) is 96.7 Å². The lowest BCUT2D eigenvalue weighted by Crippen LogP contribution is -2.30. The normalized spacial score (nSPS) is 14.5. The number of aliphatic hydroxyl groups is 1. The molecule has 3 unspecified atom stereocenters. The molecule has 0 amide bonds. The van der Waals surface area contributed by atoms with E-state index in [4.69, 9.17) is 37.0 Å². The molecule has 546 valence electrons. The maximum Gasteiger partial charge on any atom is 0.472 e. The molecule has 0 aromatic heterocycles. The molecule has 17 nitrogen and oxygen atoms in total. The first kappa shape index (κ1) is 90.1. The molecule has 0 fully saturated rings. The quantitative estimate of drug-likeness (QED) is 0.0222. The number of rotatable bonds is 70. The van der Waals surface area contributed by atoms with Crippen molar-refractivity contribution >= 4 is 39.5 Å². The van der Waals surface area contributed by atoms with Gasteiger partial charge in [0.2, 0.25) is 0 Å². The largest absolute Gasteiger partial charge is 0.472 e. The maximum absolute atomic E-state index is 13.0. The van der Waals surface area contributed by atoms with Crippen LogP contribution in [0.1, 0.15) is 364 Å². The monoisotopic (exact) mass is 1350 g/mol. The zero-order chi connectivity index (χ0) is 68.2. The topological polar surface area (TPSA) is 237 Å². The van der Waals surface area contributed by atoms with Gasteiger partial charge in [0.1, 0.15) is 19.3 Å². The van der Waals surface area contributed by atoms with Crippen LogP contribution in [0.3, 0.4) is 0 Å². The molecule has 0 saturated heterocycles. The Labute approximate surface area is 562 Å². The smallest absolute Gasteiger partial charge is 0.462 e. The van der Waals surface area contributed by atoms with Crippen LogP contribution in [0.2, 0.25) is 0 Å². The molecule has 0 heterocycles. The number of phosphoric acid groups is 2. The highest BCUT2D eigenvalue weighted by Crippen LogP contribution is 2.45. The summed E-state index contributed by atoms with van der Waals surface area (Å²) in [6, 6.07) is 0. The second kappa shape index (κ2) is 62.6. The van der Waals surface area contributed by atoms with Crippen molar-refractivity contribution in [3.8, 4) is 0 Å². The van der Waals surface area contributed by atoms with Gasteiger partial charge in [-0.25, -0.2) is 9.13 Å². The van der Waals surface area contributed by atoms with E-state index < -0.39 is 97.5 Å². The zero-order valence-electron chi connectivity index (χ0n) is 60.2. The molecule has 0 bridgehead atoms. The Morgan fingerprint density at radius 1 is 0.304 bits per heavy atom. The molecule has 92 heavy (non-hydrogen) atoms. The summed E-state index contributed by atoms with van der Waals surface area (Å²) in [4.78, 5) is 72.6. The van der Waals surface area contributed by atoms with E-state index in [2.05, 4.69) is 55.4 Å². The fourth-order valence-corrected chi connectivity index (χ4v) is 12.6. The molecule has 0 aliphatic rings. The van der Waals surface area contributed by atoms with Crippen molar-refractivity contribution in [1.82, 2.24) is 0 Å². The molecule has 0 spiro atoms. The minimum Gasteiger partial charge on any atom is -0.462 e. The summed E-state index contributed by atoms with van der Waals surface area (Å²) >= 11 is 0. The Morgan fingerprint density at radius 2 is 0.522 bits per heavy atom. The summed E-state index contributed by atoms with van der Waals surface area (Å²) in [6.07, 6.45) is 46.1. The Bertz CT molecular complexity index is 1820. The molecular weight excluding hydrogens is 1210 g/mol. The predicted molar refractivity (Wildman–Crippen MR) is 372 cm³/mol. The minimum atomic E-state index is -4.95. The summed E-state index contributed by atoms with van der Waals surface area (Å²) in [7, 11) is -9.91. The van der Waals surface area contributed by atoms with Gasteiger partial charge in [-0.15, -0.1) is 0 Å². The van der Waals surface area contributed by atoms with E-state index in [9.17, 15) is 43.2 Å². The Hall–Kier alpha value is -1.94. The van der Waals surface area contributed by atoms with Gasteiger partial charge in [-0.3, -0.25) is 37.3 Å². The standard InChI is InChI=1S/C73H142O17P2/c1-9-66(8)52-44-36-30-32-38-46-54-71(76)84-60-68(89-72(77)55-47-39-28-24-20-16-15-18-22-26-34-42-50-64(4)5)61-87-91(79,80)85-57-67(74)58-86-92(81,82)88-62-69(90-73(78)56-48-40-31-29-35-43-51-65(6)7)59-83-70(75)53-45-37-27-23-19-14-12-10-11-13-17-21-25-33-41-49-63(2)3/h63-69,74H,9-62H2,1-8H3,(H,79,80)(H,81,82)/t66?,67-,68+,69+/m0/s1. The average molecular weight is 1350 g/mol. The lowest BCUT2D eigenvalue weighted by Gasteiger charge is -2.21. The molecule has 3 N–H and O–H groups in total. The lowest BCUT2D eigenvalue weighted by atomic mass is 10.00. The van der Waals surface area contributed by atoms with Crippen molar-refractivity contribution in [2.24, 2.45) is 23.7 Å². The summed E-state index contributed by atoms with van der Waals surface area (Å²) in [5.74, 6) is 0.853. The molecule has 0 aliphatic carbocycles. The number of esters is 4. The van der Waals surface area contributed by atoms with Gasteiger partial charge in [0.15, 0.2) is 12.2 Å². The summed E-state index contributed by atoms with van der Waals surface area (Å²) in [5, 5.41) is 10.6. The van der Waals surface area contributed by atoms with Crippen molar-refractivity contribution in [2.75, 3.05) is 39.6 Å². The van der Waals surface area contributed by atoms with Gasteiger partial charge >= 0.3 is 39.5 Å². The first-order valence-electron chi connectivity index (χ1n) is 37.7. The van der Waals surface area contributed by atoms with Crippen molar-refractivity contribution in [3.05, 3.63) is 0 Å². The average Bonchev–Trinajstić information content (AvgIpc) is 1.32. The van der Waals surface area contributed by atoms with Gasteiger partial charge in [0.25, 0.3) is 0 Å². The Kier molecular flexibility index (Phi) is 61.3. The van der Waals surface area contributed by atoms with Crippen LogP contribution in [0.4, 0.5) is 0 Å². The van der Waals surface area contributed by atoms with Crippen LogP contribution in [0.15, 0.2) is 0 Å². The maximum atomic E-state index is 13.0. The van der Waals surface area contributed by atoms with E-state index in [1.165, 1.54) is 161 Å². The van der Waals surface area contributed by atoms with Crippen molar-refractivity contribution < 1.29 is 80.2 Å². The van der Waals surface area contributed by atoms with Gasteiger partial charge in [0, 0.05) is 25.7 Å². The zero-order valence-corrected chi connectivity index (χ0v) is 62.0. The van der Waals surface area contributed by atoms with E-state index in [0.29, 0.717) is 31.6 Å². The molecule has 0 aliphatic heterocycles.